The molecule has 2 unspecified atom stereocenters. The molecule has 0 aromatic heterocycles. The van der Waals surface area contributed by atoms with Gasteiger partial charge < -0.3 is 28.4 Å². The summed E-state index contributed by atoms with van der Waals surface area (Å²) in [5.41, 5.74) is 4.25. The van der Waals surface area contributed by atoms with Gasteiger partial charge in [0.1, 0.15) is 61.6 Å². The van der Waals surface area contributed by atoms with Crippen LogP contribution in [0.25, 0.3) is 0 Å². The molecule has 0 aliphatic heterocycles. The fourth-order valence-corrected chi connectivity index (χ4v) is 4.60. The van der Waals surface area contributed by atoms with Crippen LogP contribution in [0.3, 0.4) is 0 Å². The first-order valence-electron chi connectivity index (χ1n) is 15.0. The summed E-state index contributed by atoms with van der Waals surface area (Å²) >= 11 is 0. The van der Waals surface area contributed by atoms with E-state index in [1.54, 1.807) is 20.3 Å². The molecular formula is C38H48O6. The molecule has 0 radical (unpaired) electrons. The molecule has 0 N–H and O–H groups in total. The van der Waals surface area contributed by atoms with Crippen molar-refractivity contribution >= 4 is 0 Å². The largest absolute Gasteiger partial charge is 0.491 e. The van der Waals surface area contributed by atoms with Crippen molar-refractivity contribution in [3.8, 4) is 17.2 Å². The van der Waals surface area contributed by atoms with Gasteiger partial charge in [-0.05, 0) is 79.4 Å². The van der Waals surface area contributed by atoms with Gasteiger partial charge >= 0.3 is 0 Å². The Kier molecular flexibility index (Phi) is 13.6. The number of methoxy groups -OCH3 is 2. The molecule has 0 heterocycles. The molecule has 236 valence electrons. The number of benzene rings is 3. The first kappa shape index (κ1) is 34.5. The lowest BCUT2D eigenvalue weighted by Gasteiger charge is -2.27. The van der Waals surface area contributed by atoms with Crippen molar-refractivity contribution in [2.45, 2.75) is 52.2 Å². The zero-order valence-electron chi connectivity index (χ0n) is 27.3. The monoisotopic (exact) mass is 600 g/mol. The minimum absolute atomic E-state index is 0.188. The third-order valence-corrected chi connectivity index (χ3v) is 7.62. The molecule has 44 heavy (non-hydrogen) atoms. The normalized spacial score (nSPS) is 13.6. The number of hydrogen-bond donors (Lipinski definition) is 0. The van der Waals surface area contributed by atoms with Crippen LogP contribution in [0.15, 0.2) is 109 Å². The van der Waals surface area contributed by atoms with Gasteiger partial charge in [0.25, 0.3) is 0 Å². The molecule has 2 atom stereocenters. The van der Waals surface area contributed by atoms with E-state index in [0.717, 1.165) is 34.1 Å². The summed E-state index contributed by atoms with van der Waals surface area (Å²) in [5, 5.41) is 0. The Hall–Kier alpha value is -4.00. The molecule has 0 spiro atoms. The van der Waals surface area contributed by atoms with Crippen LogP contribution in [0.5, 0.6) is 17.2 Å². The summed E-state index contributed by atoms with van der Waals surface area (Å²) < 4.78 is 35.1. The fraction of sp³-hybridized carbons (Fsp3) is 0.368. The fourth-order valence-electron chi connectivity index (χ4n) is 4.60. The second-order valence-electron chi connectivity index (χ2n) is 11.2. The molecule has 6 heteroatoms. The summed E-state index contributed by atoms with van der Waals surface area (Å²) in [6.07, 6.45) is 5.26. The number of hydrogen-bond acceptors (Lipinski definition) is 6. The highest BCUT2D eigenvalue weighted by Crippen LogP contribution is 2.33. The van der Waals surface area contributed by atoms with E-state index in [9.17, 15) is 0 Å². The lowest BCUT2D eigenvalue weighted by molar-refractivity contribution is 0.00662. The van der Waals surface area contributed by atoms with Gasteiger partial charge in [-0.15, -0.1) is 0 Å². The molecule has 0 aliphatic carbocycles. The molecular weight excluding hydrogens is 552 g/mol. The van der Waals surface area contributed by atoms with Crippen molar-refractivity contribution in [1.29, 1.82) is 0 Å². The standard InChI is InChI=1S/C38H48O6/c1-9-13-28(3)36(10-2)43-26-34(39-7)24-41-32-20-16-30(17-21-32)38(5,6)31-18-22-33(23-19-31)42-25-35(40-8)27-44-37-15-12-11-14-29(37)4/h9-23,34-35H,2,24-27H2,1,3-8H3/b13-9-,36-28+. The maximum Gasteiger partial charge on any atom is 0.125 e. The van der Waals surface area contributed by atoms with Gasteiger partial charge in [0.05, 0.1) is 0 Å². The molecule has 3 rings (SSSR count). The molecule has 6 nitrogen and oxygen atoms in total. The summed E-state index contributed by atoms with van der Waals surface area (Å²) in [7, 11) is 3.33. The minimum Gasteiger partial charge on any atom is -0.491 e. The van der Waals surface area contributed by atoms with Crippen molar-refractivity contribution < 1.29 is 28.4 Å². The van der Waals surface area contributed by atoms with E-state index in [0.29, 0.717) is 26.4 Å². The van der Waals surface area contributed by atoms with Crippen LogP contribution in [-0.4, -0.2) is 52.9 Å². The maximum absolute atomic E-state index is 6.03. The summed E-state index contributed by atoms with van der Waals surface area (Å²) in [6, 6.07) is 24.4. The number of para-hydroxylation sites is 1. The van der Waals surface area contributed by atoms with Crippen molar-refractivity contribution in [1.82, 2.24) is 0 Å². The average molecular weight is 601 g/mol. The second kappa shape index (κ2) is 17.3. The Morgan fingerprint density at radius 3 is 1.73 bits per heavy atom. The molecule has 0 fully saturated rings. The average Bonchev–Trinajstić information content (AvgIpc) is 3.04. The van der Waals surface area contributed by atoms with E-state index in [2.05, 4.69) is 44.7 Å². The Balaban J connectivity index is 1.52. The quantitative estimate of drug-likeness (QED) is 0.108. The van der Waals surface area contributed by atoms with E-state index in [-0.39, 0.29) is 17.6 Å². The van der Waals surface area contributed by atoms with Crippen LogP contribution < -0.4 is 14.2 Å². The third-order valence-electron chi connectivity index (χ3n) is 7.62. The lowest BCUT2D eigenvalue weighted by Crippen LogP contribution is -2.27. The van der Waals surface area contributed by atoms with Crippen molar-refractivity contribution in [2.75, 3.05) is 40.6 Å². The van der Waals surface area contributed by atoms with Crippen LogP contribution >= 0.6 is 0 Å². The highest BCUT2D eigenvalue weighted by Gasteiger charge is 2.23. The first-order valence-corrected chi connectivity index (χ1v) is 15.0. The van der Waals surface area contributed by atoms with Gasteiger partial charge in [-0.25, -0.2) is 0 Å². The Morgan fingerprint density at radius 2 is 1.25 bits per heavy atom. The van der Waals surface area contributed by atoms with Crippen molar-refractivity contribution in [3.05, 3.63) is 126 Å². The van der Waals surface area contributed by atoms with Crippen LogP contribution in [0.4, 0.5) is 0 Å². The second-order valence-corrected chi connectivity index (χ2v) is 11.2. The van der Waals surface area contributed by atoms with Crippen LogP contribution in [0, 0.1) is 6.92 Å². The van der Waals surface area contributed by atoms with Gasteiger partial charge in [0.2, 0.25) is 0 Å². The van der Waals surface area contributed by atoms with E-state index in [1.165, 1.54) is 11.1 Å². The minimum atomic E-state index is -0.222. The van der Waals surface area contributed by atoms with E-state index >= 15 is 0 Å². The van der Waals surface area contributed by atoms with Crippen molar-refractivity contribution in [2.24, 2.45) is 0 Å². The predicted octanol–water partition coefficient (Wildman–Crippen LogP) is 8.24. The van der Waals surface area contributed by atoms with Crippen LogP contribution in [0.2, 0.25) is 0 Å². The third kappa shape index (κ3) is 10.0. The van der Waals surface area contributed by atoms with Gasteiger partial charge in [-0.2, -0.15) is 0 Å². The Bertz CT molecular complexity index is 1350. The highest BCUT2D eigenvalue weighted by atomic mass is 16.6. The topological polar surface area (TPSA) is 55.4 Å². The maximum atomic E-state index is 6.03. The van der Waals surface area contributed by atoms with Gasteiger partial charge in [0, 0.05) is 19.6 Å². The zero-order valence-corrected chi connectivity index (χ0v) is 27.3. The Labute approximate surface area is 263 Å². The zero-order chi connectivity index (χ0) is 32.0. The summed E-state index contributed by atoms with van der Waals surface area (Å²) in [5.74, 6) is 3.16. The highest BCUT2D eigenvalue weighted by molar-refractivity contribution is 5.42. The smallest absolute Gasteiger partial charge is 0.125 e. The predicted molar refractivity (Wildman–Crippen MR) is 178 cm³/mol. The van der Waals surface area contributed by atoms with E-state index in [1.807, 2.05) is 81.5 Å². The summed E-state index contributed by atoms with van der Waals surface area (Å²) in [6.45, 7) is 15.8. The summed E-state index contributed by atoms with van der Waals surface area (Å²) in [4.78, 5) is 0. The molecule has 0 bridgehead atoms. The first-order chi connectivity index (χ1) is 21.2. The molecule has 3 aromatic rings. The lowest BCUT2D eigenvalue weighted by atomic mass is 9.78. The number of rotatable bonds is 18. The molecule has 3 aromatic carbocycles. The van der Waals surface area contributed by atoms with Gasteiger partial charge in [-0.1, -0.05) is 75.0 Å². The molecule has 0 saturated carbocycles. The SMILES string of the molecule is C=C/C(OCC(COc1ccc(C(C)(C)c2ccc(OCC(COc3ccccc3C)OC)cc2)cc1)OC)=C(C)\C=C/C. The number of ether oxygens (including phenoxy) is 6. The molecule has 0 amide bonds. The van der Waals surface area contributed by atoms with Gasteiger partial charge in [0.15, 0.2) is 0 Å². The van der Waals surface area contributed by atoms with Gasteiger partial charge in [-0.3, -0.25) is 0 Å². The molecule has 0 saturated heterocycles. The van der Waals surface area contributed by atoms with Crippen LogP contribution in [0.1, 0.15) is 44.4 Å². The number of aryl methyl sites for hydroxylation is 1. The van der Waals surface area contributed by atoms with Crippen LogP contribution in [-0.2, 0) is 19.6 Å². The Morgan fingerprint density at radius 1 is 0.750 bits per heavy atom. The van der Waals surface area contributed by atoms with E-state index in [4.69, 9.17) is 28.4 Å². The molecule has 0 aliphatic rings. The van der Waals surface area contributed by atoms with E-state index < -0.39 is 0 Å². The van der Waals surface area contributed by atoms with Crippen molar-refractivity contribution in [3.63, 3.8) is 0 Å². The number of allylic oxidation sites excluding steroid dienone is 4.